The smallest absolute Gasteiger partial charge is 0.254 e. The molecule has 1 aromatic heterocycles. The van der Waals surface area contributed by atoms with Crippen molar-refractivity contribution in [1.82, 2.24) is 15.2 Å². The predicted octanol–water partition coefficient (Wildman–Crippen LogP) is 2.81. The summed E-state index contributed by atoms with van der Waals surface area (Å²) in [4.78, 5) is 31.5. The highest BCUT2D eigenvalue weighted by molar-refractivity contribution is 7.09. The molecule has 2 heterocycles. The zero-order chi connectivity index (χ0) is 19.2. The van der Waals surface area contributed by atoms with Gasteiger partial charge in [-0.1, -0.05) is 0 Å². The minimum absolute atomic E-state index is 0.0845. The Hall–Kier alpha value is -2.41. The molecule has 0 bridgehead atoms. The van der Waals surface area contributed by atoms with E-state index in [2.05, 4.69) is 10.3 Å². The molecule has 6 nitrogen and oxygen atoms in total. The van der Waals surface area contributed by atoms with E-state index < -0.39 is 6.04 Å². The van der Waals surface area contributed by atoms with Crippen LogP contribution in [0.5, 0.6) is 5.75 Å². The Morgan fingerprint density at radius 2 is 2.11 bits per heavy atom. The van der Waals surface area contributed by atoms with Crippen LogP contribution in [0.1, 0.15) is 40.8 Å². The minimum atomic E-state index is -0.402. The van der Waals surface area contributed by atoms with Gasteiger partial charge < -0.3 is 15.0 Å². The van der Waals surface area contributed by atoms with Crippen LogP contribution in [-0.4, -0.2) is 47.4 Å². The van der Waals surface area contributed by atoms with Gasteiger partial charge in [0.25, 0.3) is 5.91 Å². The van der Waals surface area contributed by atoms with Gasteiger partial charge in [-0.2, -0.15) is 0 Å². The number of amides is 2. The number of aryl methyl sites for hydroxylation is 1. The first-order valence-corrected chi connectivity index (χ1v) is 10.2. The zero-order valence-electron chi connectivity index (χ0n) is 15.7. The second-order valence-corrected chi connectivity index (χ2v) is 7.58. The van der Waals surface area contributed by atoms with E-state index in [0.29, 0.717) is 38.1 Å². The fourth-order valence-corrected chi connectivity index (χ4v) is 3.91. The Balaban J connectivity index is 1.56. The maximum atomic E-state index is 12.8. The molecule has 0 saturated carbocycles. The number of likely N-dealkylation sites (tertiary alicyclic amines) is 1. The van der Waals surface area contributed by atoms with Gasteiger partial charge in [-0.25, -0.2) is 4.98 Å². The lowest BCUT2D eigenvalue weighted by molar-refractivity contribution is -0.124. The Morgan fingerprint density at radius 3 is 2.78 bits per heavy atom. The number of carbonyl (C=O) groups is 2. The van der Waals surface area contributed by atoms with Gasteiger partial charge in [0.05, 0.1) is 17.3 Å². The highest BCUT2D eigenvalue weighted by atomic mass is 32.1. The van der Waals surface area contributed by atoms with Crippen molar-refractivity contribution in [2.24, 2.45) is 0 Å². The summed E-state index contributed by atoms with van der Waals surface area (Å²) < 4.78 is 5.41. The third kappa shape index (κ3) is 4.86. The van der Waals surface area contributed by atoms with Crippen LogP contribution >= 0.6 is 11.3 Å². The molecule has 7 heteroatoms. The van der Waals surface area contributed by atoms with Gasteiger partial charge in [0, 0.05) is 30.5 Å². The molecule has 0 radical (unpaired) electrons. The Bertz CT molecular complexity index is 788. The monoisotopic (exact) mass is 387 g/mol. The molecule has 1 N–H and O–H groups in total. The molecule has 1 saturated heterocycles. The maximum absolute atomic E-state index is 12.8. The van der Waals surface area contributed by atoms with Crippen molar-refractivity contribution < 1.29 is 14.3 Å². The van der Waals surface area contributed by atoms with Gasteiger partial charge >= 0.3 is 0 Å². The standard InChI is InChI=1S/C20H25N3O3S/c1-3-26-17-8-6-15(7-9-17)20(25)23-12-4-5-18(23)19(24)21-11-10-16-13-27-14(2)22-16/h6-9,13,18H,3-5,10-12H2,1-2H3,(H,21,24). The fraction of sp³-hybridized carbons (Fsp3) is 0.450. The van der Waals surface area contributed by atoms with Crippen LogP contribution in [0.15, 0.2) is 29.6 Å². The SMILES string of the molecule is CCOc1ccc(C(=O)N2CCCC2C(=O)NCCc2csc(C)n2)cc1. The van der Waals surface area contributed by atoms with E-state index in [1.165, 1.54) is 0 Å². The number of thiazole rings is 1. The molecule has 2 amide bonds. The first-order valence-electron chi connectivity index (χ1n) is 9.31. The van der Waals surface area contributed by atoms with E-state index in [0.717, 1.165) is 22.9 Å². The van der Waals surface area contributed by atoms with Crippen molar-refractivity contribution in [3.63, 3.8) is 0 Å². The number of benzene rings is 1. The lowest BCUT2D eigenvalue weighted by Gasteiger charge is -2.24. The molecule has 1 atom stereocenters. The number of hydrogen-bond acceptors (Lipinski definition) is 5. The van der Waals surface area contributed by atoms with Crippen LogP contribution in [0.3, 0.4) is 0 Å². The van der Waals surface area contributed by atoms with Gasteiger partial charge in [0.1, 0.15) is 11.8 Å². The van der Waals surface area contributed by atoms with Crippen LogP contribution in [0.2, 0.25) is 0 Å². The summed E-state index contributed by atoms with van der Waals surface area (Å²) in [6.07, 6.45) is 2.24. The molecule has 0 aliphatic carbocycles. The lowest BCUT2D eigenvalue weighted by atomic mass is 10.1. The molecule has 2 aromatic rings. The molecule has 144 valence electrons. The number of carbonyl (C=O) groups excluding carboxylic acids is 2. The van der Waals surface area contributed by atoms with Gasteiger partial charge in [-0.3, -0.25) is 9.59 Å². The highest BCUT2D eigenvalue weighted by Gasteiger charge is 2.34. The van der Waals surface area contributed by atoms with Crippen molar-refractivity contribution in [2.75, 3.05) is 19.7 Å². The Labute approximate surface area is 163 Å². The van der Waals surface area contributed by atoms with Gasteiger partial charge in [0.15, 0.2) is 0 Å². The normalized spacial score (nSPS) is 16.4. The summed E-state index contributed by atoms with van der Waals surface area (Å²) in [5.74, 6) is 0.548. The van der Waals surface area contributed by atoms with Crippen molar-refractivity contribution in [2.45, 2.75) is 39.2 Å². The molecule has 1 aromatic carbocycles. The highest BCUT2D eigenvalue weighted by Crippen LogP contribution is 2.22. The van der Waals surface area contributed by atoms with E-state index in [-0.39, 0.29) is 11.8 Å². The summed E-state index contributed by atoms with van der Waals surface area (Å²) in [6, 6.07) is 6.69. The van der Waals surface area contributed by atoms with Gasteiger partial charge in [-0.05, 0) is 51.0 Å². The molecular formula is C20H25N3O3S. The van der Waals surface area contributed by atoms with Crippen LogP contribution in [0.4, 0.5) is 0 Å². The van der Waals surface area contributed by atoms with E-state index in [9.17, 15) is 9.59 Å². The van der Waals surface area contributed by atoms with Crippen molar-refractivity contribution in [3.05, 3.63) is 45.9 Å². The summed E-state index contributed by atoms with van der Waals surface area (Å²) in [5.41, 5.74) is 1.57. The van der Waals surface area contributed by atoms with Crippen LogP contribution in [0, 0.1) is 6.92 Å². The molecular weight excluding hydrogens is 362 g/mol. The number of nitrogens with zero attached hydrogens (tertiary/aromatic N) is 2. The second-order valence-electron chi connectivity index (χ2n) is 6.51. The summed E-state index contributed by atoms with van der Waals surface area (Å²) in [7, 11) is 0. The van der Waals surface area contributed by atoms with Crippen molar-refractivity contribution in [1.29, 1.82) is 0 Å². The topological polar surface area (TPSA) is 71.5 Å². The number of rotatable bonds is 7. The van der Waals surface area contributed by atoms with Crippen LogP contribution in [0.25, 0.3) is 0 Å². The third-order valence-electron chi connectivity index (χ3n) is 4.58. The van der Waals surface area contributed by atoms with E-state index in [1.54, 1.807) is 40.5 Å². The first-order chi connectivity index (χ1) is 13.1. The van der Waals surface area contributed by atoms with Crippen molar-refractivity contribution >= 4 is 23.2 Å². The van der Waals surface area contributed by atoms with Crippen LogP contribution < -0.4 is 10.1 Å². The maximum Gasteiger partial charge on any atom is 0.254 e. The molecule has 1 fully saturated rings. The summed E-state index contributed by atoms with van der Waals surface area (Å²) in [5, 5.41) is 6.00. The fourth-order valence-electron chi connectivity index (χ4n) is 3.26. The largest absolute Gasteiger partial charge is 0.494 e. The molecule has 1 aliphatic rings. The number of nitrogens with one attached hydrogen (secondary N) is 1. The van der Waals surface area contributed by atoms with Gasteiger partial charge in [-0.15, -0.1) is 11.3 Å². The van der Waals surface area contributed by atoms with E-state index in [1.807, 2.05) is 19.2 Å². The Morgan fingerprint density at radius 1 is 1.33 bits per heavy atom. The summed E-state index contributed by atoms with van der Waals surface area (Å²) in [6.45, 7) is 5.61. The quantitative estimate of drug-likeness (QED) is 0.793. The predicted molar refractivity (Wildman–Crippen MR) is 105 cm³/mol. The first kappa shape index (κ1) is 19.4. The molecule has 0 spiro atoms. The second kappa shape index (κ2) is 8.99. The van der Waals surface area contributed by atoms with Gasteiger partial charge in [0.2, 0.25) is 5.91 Å². The van der Waals surface area contributed by atoms with Crippen LogP contribution in [-0.2, 0) is 11.2 Å². The summed E-state index contributed by atoms with van der Waals surface area (Å²) >= 11 is 1.61. The minimum Gasteiger partial charge on any atom is -0.494 e. The lowest BCUT2D eigenvalue weighted by Crippen LogP contribution is -2.46. The van der Waals surface area contributed by atoms with Crippen molar-refractivity contribution in [3.8, 4) is 5.75 Å². The molecule has 1 aliphatic heterocycles. The number of ether oxygens (including phenoxy) is 1. The number of aromatic nitrogens is 1. The number of hydrogen-bond donors (Lipinski definition) is 1. The zero-order valence-corrected chi connectivity index (χ0v) is 16.6. The molecule has 3 rings (SSSR count). The van der Waals surface area contributed by atoms with E-state index in [4.69, 9.17) is 4.74 Å². The van der Waals surface area contributed by atoms with E-state index >= 15 is 0 Å². The average Bonchev–Trinajstić information content (AvgIpc) is 3.31. The Kier molecular flexibility index (Phi) is 6.45. The molecule has 1 unspecified atom stereocenters. The third-order valence-corrected chi connectivity index (χ3v) is 5.40. The molecule has 27 heavy (non-hydrogen) atoms. The average molecular weight is 388 g/mol.